The fraction of sp³-hybridized carbons (Fsp3) is 0.800. The maximum absolute atomic E-state index is 5.31. The van der Waals surface area contributed by atoms with Gasteiger partial charge >= 0.3 is 0 Å². The molecule has 0 aromatic rings. The zero-order valence-electron chi connectivity index (χ0n) is 7.60. The molecule has 11 heavy (non-hydrogen) atoms. The van der Waals surface area contributed by atoms with Crippen LogP contribution >= 0.6 is 0 Å². The lowest BCUT2D eigenvalue weighted by molar-refractivity contribution is 0.168. The van der Waals surface area contributed by atoms with Gasteiger partial charge in [-0.25, -0.2) is 0 Å². The molecule has 0 aromatic carbocycles. The monoisotopic (exact) mass is 154 g/mol. The summed E-state index contributed by atoms with van der Waals surface area (Å²) in [5, 5.41) is 0. The molecular weight excluding hydrogens is 136 g/mol. The minimum atomic E-state index is 0.326. The lowest BCUT2D eigenvalue weighted by Gasteiger charge is -2.07. The van der Waals surface area contributed by atoms with Gasteiger partial charge in [0.2, 0.25) is 0 Å². The van der Waals surface area contributed by atoms with Gasteiger partial charge < -0.3 is 4.74 Å². The molecule has 0 saturated heterocycles. The molecule has 1 atom stereocenters. The van der Waals surface area contributed by atoms with Crippen LogP contribution in [0.15, 0.2) is 0 Å². The van der Waals surface area contributed by atoms with E-state index in [2.05, 4.69) is 12.8 Å². The fourth-order valence-electron chi connectivity index (χ4n) is 1.06. The van der Waals surface area contributed by atoms with Crippen LogP contribution < -0.4 is 0 Å². The summed E-state index contributed by atoms with van der Waals surface area (Å²) in [6.07, 6.45) is 10.2. The lowest BCUT2D eigenvalue weighted by Crippen LogP contribution is -2.05. The van der Waals surface area contributed by atoms with Gasteiger partial charge in [0, 0.05) is 13.0 Å². The Morgan fingerprint density at radius 2 is 2.18 bits per heavy atom. The van der Waals surface area contributed by atoms with Gasteiger partial charge in [-0.05, 0) is 6.42 Å². The Balaban J connectivity index is 3.30. The van der Waals surface area contributed by atoms with Crippen molar-refractivity contribution >= 4 is 0 Å². The average molecular weight is 154 g/mol. The molecule has 64 valence electrons. The molecule has 0 fully saturated rings. The molecule has 0 spiro atoms. The second-order valence-corrected chi connectivity index (χ2v) is 2.81. The number of hydrogen-bond acceptors (Lipinski definition) is 1. The number of terminal acetylenes is 1. The molecule has 0 bridgehead atoms. The van der Waals surface area contributed by atoms with E-state index in [-0.39, 0.29) is 0 Å². The van der Waals surface area contributed by atoms with E-state index in [1.165, 1.54) is 19.3 Å². The van der Waals surface area contributed by atoms with Crippen molar-refractivity contribution < 1.29 is 4.74 Å². The second-order valence-electron chi connectivity index (χ2n) is 2.81. The van der Waals surface area contributed by atoms with Crippen LogP contribution in [-0.4, -0.2) is 13.7 Å². The third-order valence-corrected chi connectivity index (χ3v) is 1.76. The number of ether oxygens (including phenoxy) is 1. The highest BCUT2D eigenvalue weighted by molar-refractivity contribution is 4.92. The van der Waals surface area contributed by atoms with Crippen molar-refractivity contribution in [2.75, 3.05) is 13.7 Å². The summed E-state index contributed by atoms with van der Waals surface area (Å²) < 4.78 is 4.98. The molecule has 1 unspecified atom stereocenters. The molecule has 0 N–H and O–H groups in total. The molecule has 0 aliphatic heterocycles. The van der Waals surface area contributed by atoms with Crippen molar-refractivity contribution in [2.45, 2.75) is 32.6 Å². The van der Waals surface area contributed by atoms with E-state index in [1.54, 1.807) is 7.11 Å². The average Bonchev–Trinajstić information content (AvgIpc) is 2.03. The summed E-state index contributed by atoms with van der Waals surface area (Å²) in [7, 11) is 1.70. The first-order valence-corrected chi connectivity index (χ1v) is 4.30. The molecule has 0 amide bonds. The summed E-state index contributed by atoms with van der Waals surface area (Å²) in [6, 6.07) is 0. The highest BCUT2D eigenvalue weighted by Crippen LogP contribution is 2.08. The van der Waals surface area contributed by atoms with Crippen LogP contribution in [0.4, 0.5) is 0 Å². The van der Waals surface area contributed by atoms with Crippen LogP contribution in [0.3, 0.4) is 0 Å². The number of unbranched alkanes of at least 4 members (excludes halogenated alkanes) is 2. The van der Waals surface area contributed by atoms with Gasteiger partial charge in [0.15, 0.2) is 0 Å². The van der Waals surface area contributed by atoms with Crippen LogP contribution in [0.2, 0.25) is 0 Å². The first kappa shape index (κ1) is 10.5. The van der Waals surface area contributed by atoms with Gasteiger partial charge in [-0.3, -0.25) is 0 Å². The molecule has 0 saturated carbocycles. The normalized spacial score (nSPS) is 12.5. The maximum Gasteiger partial charge on any atom is 0.0600 e. The molecule has 0 rings (SSSR count). The largest absolute Gasteiger partial charge is 0.383 e. The minimum Gasteiger partial charge on any atom is -0.383 e. The molecule has 1 heteroatoms. The Morgan fingerprint density at radius 1 is 1.45 bits per heavy atom. The van der Waals surface area contributed by atoms with E-state index in [4.69, 9.17) is 11.2 Å². The highest BCUT2D eigenvalue weighted by atomic mass is 16.5. The SMILES string of the molecule is C#CC(CCCCC)COC. The van der Waals surface area contributed by atoms with Crippen molar-refractivity contribution in [1.82, 2.24) is 0 Å². The van der Waals surface area contributed by atoms with E-state index in [0.29, 0.717) is 12.5 Å². The number of rotatable bonds is 6. The second kappa shape index (κ2) is 7.63. The van der Waals surface area contributed by atoms with Gasteiger partial charge in [0.1, 0.15) is 0 Å². The number of hydrogen-bond donors (Lipinski definition) is 0. The summed E-state index contributed by atoms with van der Waals surface area (Å²) in [5.74, 6) is 3.06. The van der Waals surface area contributed by atoms with Crippen LogP contribution in [0.1, 0.15) is 32.6 Å². The lowest BCUT2D eigenvalue weighted by atomic mass is 10.0. The topological polar surface area (TPSA) is 9.23 Å². The number of methoxy groups -OCH3 is 1. The van der Waals surface area contributed by atoms with Gasteiger partial charge in [-0.1, -0.05) is 26.2 Å². The Bertz CT molecular complexity index is 113. The smallest absolute Gasteiger partial charge is 0.0600 e. The van der Waals surface area contributed by atoms with Crippen molar-refractivity contribution in [3.8, 4) is 12.3 Å². The third-order valence-electron chi connectivity index (χ3n) is 1.76. The molecule has 0 radical (unpaired) electrons. The molecule has 1 nitrogen and oxygen atoms in total. The van der Waals surface area contributed by atoms with E-state index in [1.807, 2.05) is 0 Å². The van der Waals surface area contributed by atoms with Gasteiger partial charge in [-0.15, -0.1) is 12.3 Å². The Morgan fingerprint density at radius 3 is 2.64 bits per heavy atom. The summed E-state index contributed by atoms with van der Waals surface area (Å²) in [6.45, 7) is 2.90. The van der Waals surface area contributed by atoms with Crippen LogP contribution in [-0.2, 0) is 4.74 Å². The Kier molecular flexibility index (Phi) is 7.29. The van der Waals surface area contributed by atoms with Crippen LogP contribution in [0.5, 0.6) is 0 Å². The van der Waals surface area contributed by atoms with Crippen LogP contribution in [0.25, 0.3) is 0 Å². The van der Waals surface area contributed by atoms with Gasteiger partial charge in [-0.2, -0.15) is 0 Å². The first-order chi connectivity index (χ1) is 5.35. The maximum atomic E-state index is 5.31. The molecule has 0 heterocycles. The standard InChI is InChI=1S/C10H18O/c1-4-6-7-8-10(5-2)9-11-3/h2,10H,4,6-9H2,1,3H3. The first-order valence-electron chi connectivity index (χ1n) is 4.30. The highest BCUT2D eigenvalue weighted by Gasteiger charge is 2.02. The summed E-state index contributed by atoms with van der Waals surface area (Å²) >= 11 is 0. The summed E-state index contributed by atoms with van der Waals surface area (Å²) in [5.41, 5.74) is 0. The van der Waals surface area contributed by atoms with E-state index < -0.39 is 0 Å². The van der Waals surface area contributed by atoms with Gasteiger partial charge in [0.25, 0.3) is 0 Å². The molecule has 0 aliphatic rings. The zero-order valence-corrected chi connectivity index (χ0v) is 7.60. The summed E-state index contributed by atoms with van der Waals surface area (Å²) in [4.78, 5) is 0. The van der Waals surface area contributed by atoms with Crippen molar-refractivity contribution in [2.24, 2.45) is 5.92 Å². The van der Waals surface area contributed by atoms with Crippen molar-refractivity contribution in [1.29, 1.82) is 0 Å². The van der Waals surface area contributed by atoms with E-state index in [9.17, 15) is 0 Å². The van der Waals surface area contributed by atoms with Gasteiger partial charge in [0.05, 0.1) is 6.61 Å². The minimum absolute atomic E-state index is 0.326. The van der Waals surface area contributed by atoms with E-state index in [0.717, 1.165) is 6.42 Å². The van der Waals surface area contributed by atoms with Crippen LogP contribution in [0, 0.1) is 18.3 Å². The van der Waals surface area contributed by atoms with E-state index >= 15 is 0 Å². The Hall–Kier alpha value is -0.480. The quantitative estimate of drug-likeness (QED) is 0.422. The molecule has 0 aliphatic carbocycles. The molecule has 0 aromatic heterocycles. The zero-order chi connectivity index (χ0) is 8.53. The molecular formula is C10H18O. The predicted molar refractivity (Wildman–Crippen MR) is 48.3 cm³/mol. The Labute approximate surface area is 70.1 Å². The third kappa shape index (κ3) is 5.94. The fourth-order valence-corrected chi connectivity index (χ4v) is 1.06. The van der Waals surface area contributed by atoms with Crippen molar-refractivity contribution in [3.63, 3.8) is 0 Å². The predicted octanol–water partition coefficient (Wildman–Crippen LogP) is 2.46. The van der Waals surface area contributed by atoms with Crippen molar-refractivity contribution in [3.05, 3.63) is 0 Å².